The Kier molecular flexibility index (Phi) is 18.3. The molecule has 7 amide bonds. The van der Waals surface area contributed by atoms with Gasteiger partial charge in [-0.2, -0.15) is 0 Å². The maximum atomic E-state index is 14.4. The number of hydrogen-bond acceptors (Lipinski definition) is 7. The number of carbonyl (C=O) groups is 7. The van der Waals surface area contributed by atoms with Crippen LogP contribution in [0.25, 0.3) is 10.9 Å². The summed E-state index contributed by atoms with van der Waals surface area (Å²) in [6, 6.07) is 15.3. The Bertz CT molecular complexity index is 2270. The van der Waals surface area contributed by atoms with Gasteiger partial charge in [-0.3, -0.25) is 24.0 Å². The lowest BCUT2D eigenvalue weighted by atomic mass is 9.98. The molecule has 2 heterocycles. The molecule has 0 radical (unpaired) electrons. The first kappa shape index (κ1) is 49.6. The predicted molar refractivity (Wildman–Crippen MR) is 248 cm³/mol. The number of H-pyrrole nitrogens is 1. The van der Waals surface area contributed by atoms with E-state index in [9.17, 15) is 38.7 Å². The van der Waals surface area contributed by atoms with Gasteiger partial charge < -0.3 is 47.3 Å². The van der Waals surface area contributed by atoms with Crippen molar-refractivity contribution in [1.82, 2.24) is 42.2 Å². The molecular formula is C48H61ClN8O8. The number of benzene rings is 3. The van der Waals surface area contributed by atoms with Crippen molar-refractivity contribution in [3.8, 4) is 0 Å². The van der Waals surface area contributed by atoms with Gasteiger partial charge in [-0.1, -0.05) is 106 Å². The fourth-order valence-electron chi connectivity index (χ4n) is 7.80. The summed E-state index contributed by atoms with van der Waals surface area (Å²) in [6.07, 6.45) is 2.97. The van der Waals surface area contributed by atoms with Crippen molar-refractivity contribution in [3.05, 3.63) is 107 Å². The van der Waals surface area contributed by atoms with Crippen LogP contribution in [0.5, 0.6) is 0 Å². The summed E-state index contributed by atoms with van der Waals surface area (Å²) in [5.74, 6) is -4.54. The van der Waals surface area contributed by atoms with E-state index in [1.807, 2.05) is 64.1 Å². The van der Waals surface area contributed by atoms with Gasteiger partial charge in [0.05, 0.1) is 0 Å². The second-order valence-corrected chi connectivity index (χ2v) is 17.9. The van der Waals surface area contributed by atoms with Gasteiger partial charge in [0.15, 0.2) is 0 Å². The van der Waals surface area contributed by atoms with Gasteiger partial charge >= 0.3 is 12.0 Å². The van der Waals surface area contributed by atoms with Gasteiger partial charge in [-0.15, -0.1) is 0 Å². The highest BCUT2D eigenvalue weighted by molar-refractivity contribution is 6.31. The first-order chi connectivity index (χ1) is 31.1. The lowest BCUT2D eigenvalue weighted by molar-refractivity contribution is -0.139. The van der Waals surface area contributed by atoms with Crippen LogP contribution < -0.4 is 37.2 Å². The molecule has 1 fully saturated rings. The highest BCUT2D eigenvalue weighted by atomic mass is 35.5. The monoisotopic (exact) mass is 912 g/mol. The molecule has 5 rings (SSSR count). The van der Waals surface area contributed by atoms with Crippen LogP contribution in [0, 0.1) is 11.8 Å². The zero-order valence-electron chi connectivity index (χ0n) is 37.2. The van der Waals surface area contributed by atoms with Gasteiger partial charge in [-0.05, 0) is 72.8 Å². The molecule has 0 saturated carbocycles. The third-order valence-corrected chi connectivity index (χ3v) is 11.3. The molecule has 1 aliphatic rings. The molecule has 0 aliphatic carbocycles. The number of aliphatic carboxylic acids is 1. The molecule has 0 bridgehead atoms. The molecule has 65 heavy (non-hydrogen) atoms. The van der Waals surface area contributed by atoms with Crippen LogP contribution in [-0.4, -0.2) is 94.4 Å². The van der Waals surface area contributed by atoms with Crippen LogP contribution in [0.15, 0.2) is 85.1 Å². The second-order valence-electron chi connectivity index (χ2n) is 17.4. The summed E-state index contributed by atoms with van der Waals surface area (Å²) < 4.78 is 0. The number of nitrogens with one attached hydrogen (secondary N) is 8. The van der Waals surface area contributed by atoms with Crippen LogP contribution >= 0.6 is 11.6 Å². The molecule has 9 N–H and O–H groups in total. The van der Waals surface area contributed by atoms with E-state index in [0.717, 1.165) is 16.5 Å². The van der Waals surface area contributed by atoms with Crippen LogP contribution in [-0.2, 0) is 48.0 Å². The van der Waals surface area contributed by atoms with Gasteiger partial charge in [-0.25, -0.2) is 9.59 Å². The first-order valence-corrected chi connectivity index (χ1v) is 22.6. The number of carbonyl (C=O) groups excluding carboxylic acids is 6. The van der Waals surface area contributed by atoms with Crippen molar-refractivity contribution in [1.29, 1.82) is 0 Å². The highest BCUT2D eigenvalue weighted by Gasteiger charge is 2.34. The SMILES string of the molecule is CC(C)CC1NC(=O)C(NC(=O)N[C@H](Cc2ccccc2)C(=O)O)CCCCNC(=O)[C@@H](Cc2ccccc2)NC(=O)[C@@H](Cc2c[nH]c3cc(Cl)ccc23)NC(=O)C(CC(C)C)NC1=O. The zero-order chi connectivity index (χ0) is 47.0. The topological polar surface area (TPSA) is 240 Å². The number of hydrogen-bond donors (Lipinski definition) is 9. The van der Waals surface area contributed by atoms with E-state index < -0.39 is 77.8 Å². The van der Waals surface area contributed by atoms with Crippen LogP contribution in [0.3, 0.4) is 0 Å². The smallest absolute Gasteiger partial charge is 0.326 e. The standard InChI is InChI=1S/C48H61ClN8O8/c1-28(2)21-37-44(60)53-38(22-29(3)4)45(61)55-40(25-32-27-51-36-26-33(49)18-19-34(32)36)46(62)54-39(23-30-13-7-5-8-14-30)42(58)50-20-12-11-17-35(43(59)52-37)56-48(65)57-41(47(63)64)24-31-15-9-6-10-16-31/h5-10,13-16,18-19,26-29,35,37-41,51H,11-12,17,20-25H2,1-4H3,(H,50,58)(H,52,59)(H,53,60)(H,54,62)(H,55,61)(H,63,64)(H2,56,57,65)/t35?,37?,38?,39-,40-,41-/m1/s1. The molecule has 16 nitrogen and oxygen atoms in total. The van der Waals surface area contributed by atoms with Crippen molar-refractivity contribution in [2.75, 3.05) is 6.54 Å². The molecule has 1 aromatic heterocycles. The fourth-order valence-corrected chi connectivity index (χ4v) is 7.97. The van der Waals surface area contributed by atoms with Crippen molar-refractivity contribution < 1.29 is 38.7 Å². The molecule has 348 valence electrons. The molecule has 3 aromatic carbocycles. The average molecular weight is 914 g/mol. The summed E-state index contributed by atoms with van der Waals surface area (Å²) in [5.41, 5.74) is 2.89. The van der Waals surface area contributed by atoms with Gasteiger partial charge in [0, 0.05) is 47.9 Å². The number of aromatic amines is 1. The number of amides is 7. The molecule has 17 heteroatoms. The van der Waals surface area contributed by atoms with E-state index in [4.69, 9.17) is 11.6 Å². The highest BCUT2D eigenvalue weighted by Crippen LogP contribution is 2.23. The Hall–Kier alpha value is -6.42. The van der Waals surface area contributed by atoms with E-state index >= 15 is 0 Å². The lowest BCUT2D eigenvalue weighted by Gasteiger charge is -2.28. The molecule has 0 spiro atoms. The Morgan fingerprint density at radius 2 is 1.25 bits per heavy atom. The van der Waals surface area contributed by atoms with Crippen molar-refractivity contribution in [2.45, 2.75) is 115 Å². The molecule has 6 atom stereocenters. The lowest BCUT2D eigenvalue weighted by Crippen LogP contribution is -2.60. The molecular weight excluding hydrogens is 852 g/mol. The summed E-state index contributed by atoms with van der Waals surface area (Å²) in [6.45, 7) is 7.65. The third kappa shape index (κ3) is 15.4. The predicted octanol–water partition coefficient (Wildman–Crippen LogP) is 4.30. The summed E-state index contributed by atoms with van der Waals surface area (Å²) in [5, 5.41) is 30.6. The third-order valence-electron chi connectivity index (χ3n) is 11.1. The van der Waals surface area contributed by atoms with E-state index in [1.54, 1.807) is 48.7 Å². The summed E-state index contributed by atoms with van der Waals surface area (Å²) in [4.78, 5) is 99.8. The maximum absolute atomic E-state index is 14.4. The van der Waals surface area contributed by atoms with Crippen molar-refractivity contribution in [2.24, 2.45) is 11.8 Å². The van der Waals surface area contributed by atoms with Crippen molar-refractivity contribution in [3.63, 3.8) is 0 Å². The molecule has 1 saturated heterocycles. The number of rotatable bonds is 13. The number of carboxylic acids is 1. The first-order valence-electron chi connectivity index (χ1n) is 22.2. The van der Waals surface area contributed by atoms with Gasteiger partial charge in [0.2, 0.25) is 29.5 Å². The second kappa shape index (κ2) is 24.0. The fraction of sp³-hybridized carbons (Fsp3) is 0.438. The van der Waals surface area contributed by atoms with Crippen LogP contribution in [0.4, 0.5) is 4.79 Å². The van der Waals surface area contributed by atoms with Gasteiger partial charge in [0.1, 0.15) is 36.3 Å². The van der Waals surface area contributed by atoms with Crippen molar-refractivity contribution >= 4 is 64.0 Å². The van der Waals surface area contributed by atoms with E-state index in [0.29, 0.717) is 29.0 Å². The van der Waals surface area contributed by atoms with Gasteiger partial charge in [0.25, 0.3) is 0 Å². The Balaban J connectivity index is 1.46. The number of carboxylic acid groups (broad SMARTS) is 1. The average Bonchev–Trinajstić information content (AvgIpc) is 3.65. The van der Waals surface area contributed by atoms with E-state index in [2.05, 4.69) is 42.2 Å². The minimum atomic E-state index is -1.31. The Morgan fingerprint density at radius 1 is 0.692 bits per heavy atom. The summed E-state index contributed by atoms with van der Waals surface area (Å²) in [7, 11) is 0. The largest absolute Gasteiger partial charge is 0.480 e. The molecule has 1 aliphatic heterocycles. The Labute approximate surface area is 384 Å². The van der Waals surface area contributed by atoms with Crippen LogP contribution in [0.2, 0.25) is 5.02 Å². The summed E-state index contributed by atoms with van der Waals surface area (Å²) >= 11 is 6.25. The minimum Gasteiger partial charge on any atom is -0.480 e. The van der Waals surface area contributed by atoms with Crippen LogP contribution in [0.1, 0.15) is 76.5 Å². The van der Waals surface area contributed by atoms with E-state index in [1.165, 1.54) is 0 Å². The Morgan fingerprint density at radius 3 is 1.85 bits per heavy atom. The number of aromatic nitrogens is 1. The molecule has 4 aromatic rings. The number of fused-ring (bicyclic) bond motifs is 1. The number of urea groups is 1. The minimum absolute atomic E-state index is 0.00721. The zero-order valence-corrected chi connectivity index (χ0v) is 38.0. The quantitative estimate of drug-likeness (QED) is 0.0935. The van der Waals surface area contributed by atoms with E-state index in [-0.39, 0.29) is 56.9 Å². The normalized spacial score (nSPS) is 21.2. The molecule has 3 unspecified atom stereocenters. The maximum Gasteiger partial charge on any atom is 0.326 e. The number of halogens is 1.